The van der Waals surface area contributed by atoms with Crippen molar-refractivity contribution in [2.45, 2.75) is 95.8 Å². The van der Waals surface area contributed by atoms with Crippen LogP contribution in [-0.2, 0) is 14.3 Å². The van der Waals surface area contributed by atoms with Gasteiger partial charge in [0.2, 0.25) is 0 Å². The van der Waals surface area contributed by atoms with E-state index in [0.29, 0.717) is 23.3 Å². The standard InChI is InChI=1S/C27H41NO3/c1-15(24-18-5-4-17-8-16(9-18)10-19(17)24)28-13-21-20-11-23-26(2,12-22(20)31-25(21)29)6-3-7-27(23)14-30-27/h15-24,28H,3-14H2,1-2H3. The van der Waals surface area contributed by atoms with Crippen LogP contribution in [0.4, 0.5) is 0 Å². The van der Waals surface area contributed by atoms with Crippen LogP contribution in [0.15, 0.2) is 0 Å². The van der Waals surface area contributed by atoms with Crippen molar-refractivity contribution >= 4 is 5.97 Å². The van der Waals surface area contributed by atoms with Gasteiger partial charge in [0, 0.05) is 18.5 Å². The molecule has 5 aliphatic carbocycles. The predicted molar refractivity (Wildman–Crippen MR) is 118 cm³/mol. The summed E-state index contributed by atoms with van der Waals surface area (Å²) in [6, 6.07) is 0.533. The minimum Gasteiger partial charge on any atom is -0.462 e. The first-order valence-electron chi connectivity index (χ1n) is 13.5. The second-order valence-electron chi connectivity index (χ2n) is 13.2. The van der Waals surface area contributed by atoms with Crippen LogP contribution in [0, 0.1) is 52.8 Å². The monoisotopic (exact) mass is 427 g/mol. The number of carbonyl (C=O) groups is 1. The van der Waals surface area contributed by atoms with Gasteiger partial charge in [-0.2, -0.15) is 0 Å². The summed E-state index contributed by atoms with van der Waals surface area (Å²) < 4.78 is 12.1. The van der Waals surface area contributed by atoms with E-state index in [1.165, 1.54) is 51.4 Å². The number of hydrogen-bond acceptors (Lipinski definition) is 4. The van der Waals surface area contributed by atoms with E-state index < -0.39 is 0 Å². The summed E-state index contributed by atoms with van der Waals surface area (Å²) in [6.07, 6.45) is 13.5. The molecule has 0 aromatic carbocycles. The van der Waals surface area contributed by atoms with E-state index in [9.17, 15) is 4.79 Å². The molecule has 4 nitrogen and oxygen atoms in total. The first-order valence-corrected chi connectivity index (χ1v) is 13.5. The summed E-state index contributed by atoms with van der Waals surface area (Å²) in [7, 11) is 0. The molecule has 5 saturated carbocycles. The van der Waals surface area contributed by atoms with Gasteiger partial charge in [-0.1, -0.05) is 6.92 Å². The van der Waals surface area contributed by atoms with Crippen molar-refractivity contribution in [2.24, 2.45) is 52.8 Å². The predicted octanol–water partition coefficient (Wildman–Crippen LogP) is 4.56. The molecule has 0 radical (unpaired) electrons. The zero-order valence-corrected chi connectivity index (χ0v) is 19.5. The molecular weight excluding hydrogens is 386 g/mol. The van der Waals surface area contributed by atoms with Crippen molar-refractivity contribution in [3.63, 3.8) is 0 Å². The topological polar surface area (TPSA) is 50.9 Å². The number of nitrogens with one attached hydrogen (secondary N) is 1. The van der Waals surface area contributed by atoms with Crippen molar-refractivity contribution < 1.29 is 14.3 Å². The molecule has 1 N–H and O–H groups in total. The summed E-state index contributed by atoms with van der Waals surface area (Å²) in [6.45, 7) is 6.64. The van der Waals surface area contributed by atoms with Crippen LogP contribution in [0.3, 0.4) is 0 Å². The number of epoxide rings is 1. The Morgan fingerprint density at radius 3 is 2.74 bits per heavy atom. The van der Waals surface area contributed by atoms with Crippen molar-refractivity contribution in [1.82, 2.24) is 5.32 Å². The van der Waals surface area contributed by atoms with Gasteiger partial charge in [-0.05, 0) is 112 Å². The van der Waals surface area contributed by atoms with Gasteiger partial charge < -0.3 is 14.8 Å². The maximum Gasteiger partial charge on any atom is 0.310 e. The van der Waals surface area contributed by atoms with Gasteiger partial charge in [0.05, 0.1) is 18.1 Å². The largest absolute Gasteiger partial charge is 0.462 e. The second-order valence-corrected chi connectivity index (χ2v) is 13.2. The average Bonchev–Trinajstić information content (AvgIpc) is 3.37. The molecule has 12 unspecified atom stereocenters. The Morgan fingerprint density at radius 1 is 1.10 bits per heavy atom. The highest BCUT2D eigenvalue weighted by Gasteiger charge is 2.65. The number of rotatable bonds is 4. The zero-order chi connectivity index (χ0) is 21.0. The van der Waals surface area contributed by atoms with Crippen LogP contribution in [0.5, 0.6) is 0 Å². The van der Waals surface area contributed by atoms with Gasteiger partial charge in [0.25, 0.3) is 0 Å². The van der Waals surface area contributed by atoms with Crippen molar-refractivity contribution in [1.29, 1.82) is 0 Å². The van der Waals surface area contributed by atoms with E-state index in [-0.39, 0.29) is 23.6 Å². The molecule has 0 aromatic rings. The fourth-order valence-corrected chi connectivity index (χ4v) is 10.4. The fourth-order valence-electron chi connectivity index (χ4n) is 10.4. The molecule has 2 aliphatic heterocycles. The Morgan fingerprint density at radius 2 is 1.90 bits per heavy atom. The van der Waals surface area contributed by atoms with Gasteiger partial charge in [-0.3, -0.25) is 4.79 Å². The molecular formula is C27H41NO3. The van der Waals surface area contributed by atoms with Crippen molar-refractivity contribution in [3.05, 3.63) is 0 Å². The third kappa shape index (κ3) is 2.89. The van der Waals surface area contributed by atoms with Gasteiger partial charge >= 0.3 is 5.97 Å². The quantitative estimate of drug-likeness (QED) is 0.528. The van der Waals surface area contributed by atoms with Crippen LogP contribution < -0.4 is 5.32 Å². The Labute approximate surface area is 187 Å². The molecule has 4 heteroatoms. The molecule has 0 aromatic heterocycles. The molecule has 1 spiro atoms. The highest BCUT2D eigenvalue weighted by molar-refractivity contribution is 5.75. The highest BCUT2D eigenvalue weighted by atomic mass is 16.6. The van der Waals surface area contributed by atoms with Crippen LogP contribution in [0.1, 0.15) is 78.1 Å². The number of carbonyl (C=O) groups excluding carboxylic acids is 1. The molecule has 7 rings (SSSR count). The lowest BCUT2D eigenvalue weighted by Crippen LogP contribution is -2.52. The lowest BCUT2D eigenvalue weighted by molar-refractivity contribution is -0.147. The SMILES string of the molecule is CC(NCC1C(=O)OC2CC3(C)CCCC4(CO4)C3CC21)C1C2CCC3CC(C2)CC31. The molecule has 3 bridgehead atoms. The summed E-state index contributed by atoms with van der Waals surface area (Å²) in [4.78, 5) is 13.0. The van der Waals surface area contributed by atoms with E-state index in [4.69, 9.17) is 9.47 Å². The maximum absolute atomic E-state index is 13.0. The van der Waals surface area contributed by atoms with Crippen LogP contribution in [0.2, 0.25) is 0 Å². The van der Waals surface area contributed by atoms with E-state index >= 15 is 0 Å². The molecule has 0 amide bonds. The van der Waals surface area contributed by atoms with E-state index in [1.807, 2.05) is 0 Å². The van der Waals surface area contributed by atoms with Crippen LogP contribution in [0.25, 0.3) is 0 Å². The average molecular weight is 428 g/mol. The number of ether oxygens (including phenoxy) is 2. The number of esters is 1. The summed E-state index contributed by atoms with van der Waals surface area (Å²) in [5, 5.41) is 3.91. The maximum atomic E-state index is 13.0. The zero-order valence-electron chi connectivity index (χ0n) is 19.5. The molecule has 12 atom stereocenters. The smallest absolute Gasteiger partial charge is 0.310 e. The first-order chi connectivity index (χ1) is 15.0. The van der Waals surface area contributed by atoms with Gasteiger partial charge in [-0.25, -0.2) is 0 Å². The third-order valence-corrected chi connectivity index (χ3v) is 11.7. The van der Waals surface area contributed by atoms with Gasteiger partial charge in [0.1, 0.15) is 6.10 Å². The number of hydrogen-bond donors (Lipinski definition) is 1. The Bertz CT molecular complexity index is 764. The fraction of sp³-hybridized carbons (Fsp3) is 0.963. The Balaban J connectivity index is 1.05. The minimum absolute atomic E-state index is 0.0480. The van der Waals surface area contributed by atoms with Gasteiger partial charge in [-0.15, -0.1) is 0 Å². The summed E-state index contributed by atoms with van der Waals surface area (Å²) in [5.74, 6) is 5.88. The minimum atomic E-state index is 0.0480. The normalized spacial score (nSPS) is 57.5. The highest BCUT2D eigenvalue weighted by Crippen LogP contribution is 2.63. The van der Waals surface area contributed by atoms with E-state index in [0.717, 1.165) is 55.6 Å². The summed E-state index contributed by atoms with van der Waals surface area (Å²) >= 11 is 0. The van der Waals surface area contributed by atoms with Crippen molar-refractivity contribution in [2.75, 3.05) is 13.2 Å². The first kappa shape index (κ1) is 19.8. The molecule has 172 valence electrons. The van der Waals surface area contributed by atoms with E-state index in [2.05, 4.69) is 19.2 Å². The Hall–Kier alpha value is -0.610. The summed E-state index contributed by atoms with van der Waals surface area (Å²) in [5.41, 5.74) is 0.446. The van der Waals surface area contributed by atoms with Gasteiger partial charge in [0.15, 0.2) is 0 Å². The molecule has 7 fully saturated rings. The molecule has 2 saturated heterocycles. The third-order valence-electron chi connectivity index (χ3n) is 11.7. The molecule has 2 heterocycles. The van der Waals surface area contributed by atoms with Crippen LogP contribution >= 0.6 is 0 Å². The number of fused-ring (bicyclic) bond motifs is 5. The lowest BCUT2D eigenvalue weighted by atomic mass is 9.53. The second kappa shape index (κ2) is 6.72. The molecule has 31 heavy (non-hydrogen) atoms. The van der Waals surface area contributed by atoms with E-state index in [1.54, 1.807) is 0 Å². The van der Waals surface area contributed by atoms with Crippen LogP contribution in [-0.4, -0.2) is 36.9 Å². The Kier molecular flexibility index (Phi) is 4.29. The molecule has 7 aliphatic rings. The lowest BCUT2D eigenvalue weighted by Gasteiger charge is -2.51. The van der Waals surface area contributed by atoms with Crippen molar-refractivity contribution in [3.8, 4) is 0 Å².